The van der Waals surface area contributed by atoms with Crippen molar-refractivity contribution in [1.82, 2.24) is 0 Å². The molecule has 2 nitrogen and oxygen atoms in total. The van der Waals surface area contributed by atoms with E-state index in [2.05, 4.69) is 11.9 Å². The highest BCUT2D eigenvalue weighted by molar-refractivity contribution is 5.82. The Hall–Kier alpha value is -0.530. The molecule has 2 N–H and O–H groups in total. The predicted octanol–water partition coefficient (Wildman–Crippen LogP) is 2.72. The maximum absolute atomic E-state index is 5.95. The fourth-order valence-electron chi connectivity index (χ4n) is 1.95. The van der Waals surface area contributed by atoms with Gasteiger partial charge in [0.15, 0.2) is 0 Å². The lowest BCUT2D eigenvalue weighted by atomic mass is 9.99. The molecule has 0 amide bonds. The molecule has 0 bridgehead atoms. The van der Waals surface area contributed by atoms with Gasteiger partial charge in [-0.15, -0.1) is 0 Å². The Bertz CT molecular complexity index is 155. The molecule has 1 aliphatic rings. The fourth-order valence-corrected chi connectivity index (χ4v) is 1.95. The Balaban J connectivity index is 2.38. The summed E-state index contributed by atoms with van der Waals surface area (Å²) < 4.78 is 0. The van der Waals surface area contributed by atoms with Gasteiger partial charge in [0, 0.05) is 12.5 Å². The van der Waals surface area contributed by atoms with Gasteiger partial charge in [-0.05, 0) is 19.3 Å². The standard InChI is InChI=1S/C11H22N2/c1-2-9-13-11(12)10-7-5-3-4-6-8-10/h10H,2-9H2,1H3,(H2,12,13). The first-order valence-electron chi connectivity index (χ1n) is 5.64. The highest BCUT2D eigenvalue weighted by Crippen LogP contribution is 2.22. The molecule has 1 saturated carbocycles. The number of hydrogen-bond donors (Lipinski definition) is 1. The van der Waals surface area contributed by atoms with Crippen LogP contribution in [-0.2, 0) is 0 Å². The summed E-state index contributed by atoms with van der Waals surface area (Å²) in [6, 6.07) is 0. The van der Waals surface area contributed by atoms with Gasteiger partial charge in [0.05, 0.1) is 5.84 Å². The van der Waals surface area contributed by atoms with Crippen LogP contribution in [0.25, 0.3) is 0 Å². The molecule has 0 atom stereocenters. The van der Waals surface area contributed by atoms with Gasteiger partial charge in [-0.25, -0.2) is 0 Å². The van der Waals surface area contributed by atoms with Gasteiger partial charge in [-0.2, -0.15) is 0 Å². The fraction of sp³-hybridized carbons (Fsp3) is 0.909. The van der Waals surface area contributed by atoms with Gasteiger partial charge in [0.1, 0.15) is 0 Å². The summed E-state index contributed by atoms with van der Waals surface area (Å²) in [6.45, 7) is 3.05. The zero-order valence-corrected chi connectivity index (χ0v) is 8.76. The molecule has 0 unspecified atom stereocenters. The maximum Gasteiger partial charge on any atom is 0.0968 e. The lowest BCUT2D eigenvalue weighted by Crippen LogP contribution is -2.23. The van der Waals surface area contributed by atoms with Crippen LogP contribution in [-0.4, -0.2) is 12.4 Å². The van der Waals surface area contributed by atoms with Gasteiger partial charge in [-0.1, -0.05) is 32.6 Å². The molecule has 13 heavy (non-hydrogen) atoms. The van der Waals surface area contributed by atoms with Crippen molar-refractivity contribution in [3.8, 4) is 0 Å². The average molecular weight is 182 g/mol. The first-order valence-corrected chi connectivity index (χ1v) is 5.64. The van der Waals surface area contributed by atoms with Gasteiger partial charge in [0.25, 0.3) is 0 Å². The second-order valence-electron chi connectivity index (χ2n) is 4.00. The van der Waals surface area contributed by atoms with E-state index in [0.29, 0.717) is 5.92 Å². The number of aliphatic imine (C=N–C) groups is 1. The first kappa shape index (κ1) is 10.6. The second kappa shape index (κ2) is 6.01. The van der Waals surface area contributed by atoms with Gasteiger partial charge in [0.2, 0.25) is 0 Å². The van der Waals surface area contributed by atoms with Crippen LogP contribution in [0.15, 0.2) is 4.99 Å². The molecular weight excluding hydrogens is 160 g/mol. The van der Waals surface area contributed by atoms with Gasteiger partial charge >= 0.3 is 0 Å². The van der Waals surface area contributed by atoms with E-state index in [9.17, 15) is 0 Å². The largest absolute Gasteiger partial charge is 0.387 e. The van der Waals surface area contributed by atoms with Crippen LogP contribution in [0.2, 0.25) is 0 Å². The van der Waals surface area contributed by atoms with Crippen LogP contribution in [0, 0.1) is 5.92 Å². The molecular formula is C11H22N2. The van der Waals surface area contributed by atoms with E-state index >= 15 is 0 Å². The Labute approximate surface area is 81.6 Å². The zero-order chi connectivity index (χ0) is 9.52. The molecule has 76 valence electrons. The van der Waals surface area contributed by atoms with Crippen LogP contribution in [0.4, 0.5) is 0 Å². The van der Waals surface area contributed by atoms with E-state index in [1.165, 1.54) is 38.5 Å². The molecule has 1 fully saturated rings. The van der Waals surface area contributed by atoms with Crippen LogP contribution >= 0.6 is 0 Å². The van der Waals surface area contributed by atoms with Crippen molar-refractivity contribution in [3.63, 3.8) is 0 Å². The number of rotatable bonds is 3. The minimum absolute atomic E-state index is 0.592. The van der Waals surface area contributed by atoms with Crippen molar-refractivity contribution >= 4 is 5.84 Å². The molecule has 0 radical (unpaired) electrons. The lowest BCUT2D eigenvalue weighted by molar-refractivity contribution is 0.584. The smallest absolute Gasteiger partial charge is 0.0968 e. The summed E-state index contributed by atoms with van der Waals surface area (Å²) >= 11 is 0. The van der Waals surface area contributed by atoms with Crippen molar-refractivity contribution in [2.45, 2.75) is 51.9 Å². The van der Waals surface area contributed by atoms with E-state index in [1.807, 2.05) is 0 Å². The summed E-state index contributed by atoms with van der Waals surface area (Å²) in [6.07, 6.45) is 9.08. The Kier molecular flexibility index (Phi) is 4.87. The highest BCUT2D eigenvalue weighted by atomic mass is 14.9. The Morgan fingerprint density at radius 1 is 1.23 bits per heavy atom. The van der Waals surface area contributed by atoms with Crippen LogP contribution in [0.3, 0.4) is 0 Å². The Morgan fingerprint density at radius 3 is 2.38 bits per heavy atom. The number of nitrogens with zero attached hydrogens (tertiary/aromatic N) is 1. The van der Waals surface area contributed by atoms with Crippen molar-refractivity contribution < 1.29 is 0 Å². The monoisotopic (exact) mass is 182 g/mol. The quantitative estimate of drug-likeness (QED) is 0.407. The molecule has 2 heteroatoms. The van der Waals surface area contributed by atoms with E-state index in [1.54, 1.807) is 0 Å². The third-order valence-corrected chi connectivity index (χ3v) is 2.79. The van der Waals surface area contributed by atoms with E-state index in [-0.39, 0.29) is 0 Å². The number of nitrogens with two attached hydrogens (primary N) is 1. The molecule has 0 spiro atoms. The third kappa shape index (κ3) is 3.79. The Morgan fingerprint density at radius 2 is 1.85 bits per heavy atom. The molecule has 0 aromatic carbocycles. The normalized spacial score (nSPS) is 21.5. The van der Waals surface area contributed by atoms with Crippen LogP contribution < -0.4 is 5.73 Å². The first-order chi connectivity index (χ1) is 6.34. The van der Waals surface area contributed by atoms with Gasteiger partial charge < -0.3 is 5.73 Å². The van der Waals surface area contributed by atoms with Crippen molar-refractivity contribution in [1.29, 1.82) is 0 Å². The van der Waals surface area contributed by atoms with Gasteiger partial charge in [-0.3, -0.25) is 4.99 Å². The predicted molar refractivity (Wildman–Crippen MR) is 58.0 cm³/mol. The molecule has 0 aromatic heterocycles. The molecule has 0 aromatic rings. The summed E-state index contributed by atoms with van der Waals surface area (Å²) in [4.78, 5) is 4.40. The lowest BCUT2D eigenvalue weighted by Gasteiger charge is -2.12. The highest BCUT2D eigenvalue weighted by Gasteiger charge is 2.14. The molecule has 0 aliphatic heterocycles. The van der Waals surface area contributed by atoms with Crippen molar-refractivity contribution in [3.05, 3.63) is 0 Å². The SMILES string of the molecule is CCCN=C(N)C1CCCCCC1. The van der Waals surface area contributed by atoms with E-state index in [0.717, 1.165) is 18.8 Å². The topological polar surface area (TPSA) is 38.4 Å². The molecule has 1 rings (SSSR count). The second-order valence-corrected chi connectivity index (χ2v) is 4.00. The summed E-state index contributed by atoms with van der Waals surface area (Å²) in [5.74, 6) is 1.51. The summed E-state index contributed by atoms with van der Waals surface area (Å²) in [7, 11) is 0. The minimum Gasteiger partial charge on any atom is -0.387 e. The summed E-state index contributed by atoms with van der Waals surface area (Å²) in [5.41, 5.74) is 5.95. The molecule has 0 heterocycles. The number of amidine groups is 1. The molecule has 1 aliphatic carbocycles. The minimum atomic E-state index is 0.592. The van der Waals surface area contributed by atoms with Crippen molar-refractivity contribution in [2.75, 3.05) is 6.54 Å². The summed E-state index contributed by atoms with van der Waals surface area (Å²) in [5, 5.41) is 0. The number of hydrogen-bond acceptors (Lipinski definition) is 1. The van der Waals surface area contributed by atoms with Crippen LogP contribution in [0.1, 0.15) is 51.9 Å². The van der Waals surface area contributed by atoms with Crippen LogP contribution in [0.5, 0.6) is 0 Å². The molecule has 0 saturated heterocycles. The van der Waals surface area contributed by atoms with Crippen molar-refractivity contribution in [2.24, 2.45) is 16.6 Å². The van der Waals surface area contributed by atoms with E-state index < -0.39 is 0 Å². The average Bonchev–Trinajstić information content (AvgIpc) is 2.42. The van der Waals surface area contributed by atoms with E-state index in [4.69, 9.17) is 5.73 Å². The maximum atomic E-state index is 5.95. The third-order valence-electron chi connectivity index (χ3n) is 2.79. The zero-order valence-electron chi connectivity index (χ0n) is 8.76.